The maximum Gasteiger partial charge on any atom is 0.573 e. The van der Waals surface area contributed by atoms with Crippen LogP contribution in [0.2, 0.25) is 0 Å². The van der Waals surface area contributed by atoms with Gasteiger partial charge in [0, 0.05) is 28.4 Å². The summed E-state index contributed by atoms with van der Waals surface area (Å²) in [4.78, 5) is 16.9. The number of alkyl halides is 3. The summed E-state index contributed by atoms with van der Waals surface area (Å²) < 4.78 is 54.7. The Labute approximate surface area is 204 Å². The van der Waals surface area contributed by atoms with Crippen molar-refractivity contribution in [3.63, 3.8) is 0 Å². The van der Waals surface area contributed by atoms with E-state index in [1.54, 1.807) is 6.07 Å². The molecule has 188 valence electrons. The third-order valence-electron chi connectivity index (χ3n) is 5.84. The van der Waals surface area contributed by atoms with Gasteiger partial charge in [-0.1, -0.05) is 23.4 Å². The van der Waals surface area contributed by atoms with Crippen molar-refractivity contribution in [1.82, 2.24) is 14.7 Å². The molecular weight excluding hydrogens is 475 g/mol. The number of benzene rings is 2. The number of halogens is 3. The van der Waals surface area contributed by atoms with Gasteiger partial charge < -0.3 is 18.6 Å². The molecule has 1 unspecified atom stereocenters. The molecule has 0 saturated heterocycles. The Morgan fingerprint density at radius 1 is 1.11 bits per heavy atom. The SMILES string of the molecule is CC(C)(C)OC(=O)CC1CCc2cc3ccc(-c4noc(-c5cccc(OC(F)(F)F)c5)n4)cc3n21. The molecule has 0 spiro atoms. The zero-order valence-corrected chi connectivity index (χ0v) is 19.9. The Morgan fingerprint density at radius 2 is 1.92 bits per heavy atom. The zero-order valence-electron chi connectivity index (χ0n) is 19.9. The summed E-state index contributed by atoms with van der Waals surface area (Å²) in [6, 6.07) is 13.2. The molecule has 0 fully saturated rings. The Hall–Kier alpha value is -3.82. The summed E-state index contributed by atoms with van der Waals surface area (Å²) >= 11 is 0. The summed E-state index contributed by atoms with van der Waals surface area (Å²) in [7, 11) is 0. The second-order valence-corrected chi connectivity index (χ2v) is 9.76. The molecule has 7 nitrogen and oxygen atoms in total. The van der Waals surface area contributed by atoms with Gasteiger partial charge in [-0.25, -0.2) is 0 Å². The quantitative estimate of drug-likeness (QED) is 0.293. The van der Waals surface area contributed by atoms with Crippen molar-refractivity contribution in [3.05, 3.63) is 54.2 Å². The van der Waals surface area contributed by atoms with Gasteiger partial charge in [-0.3, -0.25) is 4.79 Å². The number of fused-ring (bicyclic) bond motifs is 3. The average molecular weight is 499 g/mol. The van der Waals surface area contributed by atoms with E-state index in [2.05, 4.69) is 25.5 Å². The first kappa shape index (κ1) is 23.9. The van der Waals surface area contributed by atoms with Crippen molar-refractivity contribution in [2.75, 3.05) is 0 Å². The van der Waals surface area contributed by atoms with Crippen molar-refractivity contribution in [1.29, 1.82) is 0 Å². The third-order valence-corrected chi connectivity index (χ3v) is 5.84. The van der Waals surface area contributed by atoms with Crippen LogP contribution >= 0.6 is 0 Å². The van der Waals surface area contributed by atoms with E-state index in [0.29, 0.717) is 17.0 Å². The van der Waals surface area contributed by atoms with Gasteiger partial charge in [0.15, 0.2) is 0 Å². The van der Waals surface area contributed by atoms with Crippen LogP contribution in [0.5, 0.6) is 5.75 Å². The van der Waals surface area contributed by atoms with Gasteiger partial charge >= 0.3 is 12.3 Å². The molecule has 2 aromatic heterocycles. The predicted octanol–water partition coefficient (Wildman–Crippen LogP) is 6.48. The number of rotatable bonds is 5. The zero-order chi connectivity index (χ0) is 25.7. The minimum atomic E-state index is -4.80. The minimum Gasteiger partial charge on any atom is -0.460 e. The number of hydrogen-bond donors (Lipinski definition) is 0. The summed E-state index contributed by atoms with van der Waals surface area (Å²) in [5.41, 5.74) is 2.53. The molecule has 10 heteroatoms. The largest absolute Gasteiger partial charge is 0.573 e. The van der Waals surface area contributed by atoms with Crippen molar-refractivity contribution in [2.45, 2.75) is 58.0 Å². The lowest BCUT2D eigenvalue weighted by Crippen LogP contribution is -2.25. The highest BCUT2D eigenvalue weighted by Gasteiger charge is 2.31. The Kier molecular flexibility index (Phi) is 5.77. The van der Waals surface area contributed by atoms with E-state index in [9.17, 15) is 18.0 Å². The molecule has 3 heterocycles. The molecule has 0 N–H and O–H groups in total. The lowest BCUT2D eigenvalue weighted by molar-refractivity contribution is -0.274. The number of aromatic nitrogens is 3. The topological polar surface area (TPSA) is 79.4 Å². The second kappa shape index (κ2) is 8.69. The van der Waals surface area contributed by atoms with Crippen LogP contribution in [-0.2, 0) is 16.0 Å². The molecule has 4 aromatic rings. The molecule has 0 bridgehead atoms. The first-order valence-corrected chi connectivity index (χ1v) is 11.5. The molecule has 0 saturated carbocycles. The van der Waals surface area contributed by atoms with Crippen molar-refractivity contribution in [3.8, 4) is 28.6 Å². The summed E-state index contributed by atoms with van der Waals surface area (Å²) in [6.07, 6.45) is -2.81. The smallest absolute Gasteiger partial charge is 0.460 e. The molecule has 5 rings (SSSR count). The molecular formula is C26H24F3N3O4. The maximum atomic E-state index is 12.6. The first-order chi connectivity index (χ1) is 16.9. The molecule has 0 amide bonds. The van der Waals surface area contributed by atoms with E-state index in [0.717, 1.165) is 29.4 Å². The number of aryl methyl sites for hydroxylation is 1. The molecule has 0 aliphatic carbocycles. The minimum absolute atomic E-state index is 0.0141. The lowest BCUT2D eigenvalue weighted by Gasteiger charge is -2.22. The van der Waals surface area contributed by atoms with Crippen LogP contribution in [-0.4, -0.2) is 32.6 Å². The van der Waals surface area contributed by atoms with Crippen LogP contribution in [0.1, 0.15) is 45.3 Å². The van der Waals surface area contributed by atoms with E-state index in [-0.39, 0.29) is 30.1 Å². The van der Waals surface area contributed by atoms with E-state index in [1.165, 1.54) is 18.2 Å². The number of hydrogen-bond acceptors (Lipinski definition) is 6. The fourth-order valence-corrected chi connectivity index (χ4v) is 4.54. The van der Waals surface area contributed by atoms with Crippen LogP contribution in [0.25, 0.3) is 33.7 Å². The van der Waals surface area contributed by atoms with Crippen LogP contribution in [0.3, 0.4) is 0 Å². The van der Waals surface area contributed by atoms with Gasteiger partial charge in [-0.2, -0.15) is 4.98 Å². The monoisotopic (exact) mass is 499 g/mol. The number of nitrogens with zero attached hydrogens (tertiary/aromatic N) is 3. The predicted molar refractivity (Wildman–Crippen MR) is 125 cm³/mol. The van der Waals surface area contributed by atoms with Crippen molar-refractivity contribution >= 4 is 16.9 Å². The Morgan fingerprint density at radius 3 is 2.67 bits per heavy atom. The number of carbonyl (C=O) groups excluding carboxylic acids is 1. The van der Waals surface area contributed by atoms with Crippen LogP contribution in [0, 0.1) is 0 Å². The van der Waals surface area contributed by atoms with Crippen LogP contribution in [0.15, 0.2) is 53.1 Å². The standard InChI is InChI=1S/C26H24F3N3O4/c1-25(2,3)35-22(33)14-19-10-9-18-11-15-7-8-16(13-21(15)32(18)19)23-30-24(36-31-23)17-5-4-6-20(12-17)34-26(27,28)29/h4-8,11-13,19H,9-10,14H2,1-3H3. The third kappa shape index (κ3) is 5.07. The van der Waals surface area contributed by atoms with Gasteiger partial charge in [0.1, 0.15) is 11.4 Å². The summed E-state index contributed by atoms with van der Waals surface area (Å²) in [6.45, 7) is 5.54. The Balaban J connectivity index is 1.42. The van der Waals surface area contributed by atoms with Gasteiger partial charge in [-0.05, 0) is 69.3 Å². The molecule has 2 aromatic carbocycles. The average Bonchev–Trinajstić information content (AvgIpc) is 3.47. The van der Waals surface area contributed by atoms with E-state index in [4.69, 9.17) is 9.26 Å². The van der Waals surface area contributed by atoms with Crippen LogP contribution in [0.4, 0.5) is 13.2 Å². The highest BCUT2D eigenvalue weighted by molar-refractivity contribution is 5.86. The van der Waals surface area contributed by atoms with Gasteiger partial charge in [0.25, 0.3) is 5.89 Å². The molecule has 0 radical (unpaired) electrons. The lowest BCUT2D eigenvalue weighted by atomic mass is 10.1. The number of esters is 1. The van der Waals surface area contributed by atoms with E-state index in [1.807, 2.05) is 39.0 Å². The second-order valence-electron chi connectivity index (χ2n) is 9.76. The number of ether oxygens (including phenoxy) is 2. The van der Waals surface area contributed by atoms with Crippen LogP contribution < -0.4 is 4.74 Å². The summed E-state index contributed by atoms with van der Waals surface area (Å²) in [5, 5.41) is 5.06. The summed E-state index contributed by atoms with van der Waals surface area (Å²) in [5.74, 6) is -0.244. The van der Waals surface area contributed by atoms with Crippen molar-refractivity contribution < 1.29 is 32.0 Å². The molecule has 36 heavy (non-hydrogen) atoms. The molecule has 1 aliphatic rings. The first-order valence-electron chi connectivity index (χ1n) is 11.5. The number of carbonyl (C=O) groups is 1. The van der Waals surface area contributed by atoms with Crippen molar-refractivity contribution in [2.24, 2.45) is 0 Å². The van der Waals surface area contributed by atoms with E-state index >= 15 is 0 Å². The maximum absolute atomic E-state index is 12.6. The highest BCUT2D eigenvalue weighted by Crippen LogP contribution is 2.37. The molecule has 1 aliphatic heterocycles. The molecule has 1 atom stereocenters. The highest BCUT2D eigenvalue weighted by atomic mass is 19.4. The van der Waals surface area contributed by atoms with Gasteiger partial charge in [0.2, 0.25) is 5.82 Å². The fraction of sp³-hybridized carbons (Fsp3) is 0.346. The fourth-order valence-electron chi connectivity index (χ4n) is 4.54. The van der Waals surface area contributed by atoms with Gasteiger partial charge in [0.05, 0.1) is 6.42 Å². The normalized spacial score (nSPS) is 15.8. The Bertz CT molecular complexity index is 1430. The van der Waals surface area contributed by atoms with E-state index < -0.39 is 12.0 Å². The van der Waals surface area contributed by atoms with Gasteiger partial charge in [-0.15, -0.1) is 13.2 Å².